The molecule has 1 aromatic heterocycles. The van der Waals surface area contributed by atoms with E-state index in [0.717, 1.165) is 16.3 Å². The molecular formula is C14H16N2O3S. The number of methoxy groups -OCH3 is 1. The first-order valence-corrected chi connectivity index (χ1v) is 6.97. The SMILES string of the molecule is COc1ccc(C(O)CNC(=O)Nc2cccs2)cc1. The van der Waals surface area contributed by atoms with Gasteiger partial charge < -0.3 is 15.2 Å². The van der Waals surface area contributed by atoms with E-state index in [1.165, 1.54) is 11.3 Å². The quantitative estimate of drug-likeness (QED) is 0.793. The van der Waals surface area contributed by atoms with Crippen molar-refractivity contribution in [2.75, 3.05) is 19.0 Å². The van der Waals surface area contributed by atoms with Crippen molar-refractivity contribution >= 4 is 22.4 Å². The highest BCUT2D eigenvalue weighted by Gasteiger charge is 2.09. The van der Waals surface area contributed by atoms with E-state index in [2.05, 4.69) is 10.6 Å². The number of amides is 2. The summed E-state index contributed by atoms with van der Waals surface area (Å²) in [5, 5.41) is 17.9. The molecule has 1 heterocycles. The van der Waals surface area contributed by atoms with Crippen molar-refractivity contribution < 1.29 is 14.6 Å². The molecule has 0 fully saturated rings. The molecule has 2 amide bonds. The largest absolute Gasteiger partial charge is 0.497 e. The fourth-order valence-corrected chi connectivity index (χ4v) is 2.25. The molecule has 0 bridgehead atoms. The summed E-state index contributed by atoms with van der Waals surface area (Å²) < 4.78 is 5.05. The van der Waals surface area contributed by atoms with Gasteiger partial charge in [-0.2, -0.15) is 0 Å². The Hall–Kier alpha value is -2.05. The van der Waals surface area contributed by atoms with Crippen LogP contribution in [0.4, 0.5) is 9.80 Å². The van der Waals surface area contributed by atoms with Crippen molar-refractivity contribution in [1.29, 1.82) is 0 Å². The Kier molecular flexibility index (Phi) is 4.97. The number of hydrogen-bond acceptors (Lipinski definition) is 4. The topological polar surface area (TPSA) is 70.6 Å². The molecule has 0 aliphatic heterocycles. The molecule has 0 aliphatic carbocycles. The van der Waals surface area contributed by atoms with Crippen LogP contribution in [0.5, 0.6) is 5.75 Å². The Morgan fingerprint density at radius 1 is 1.35 bits per heavy atom. The van der Waals surface area contributed by atoms with Crippen LogP contribution < -0.4 is 15.4 Å². The van der Waals surface area contributed by atoms with Crippen molar-refractivity contribution in [2.24, 2.45) is 0 Å². The standard InChI is InChI=1S/C14H16N2O3S/c1-19-11-6-4-10(5-7-11)12(17)9-15-14(18)16-13-3-2-8-20-13/h2-8,12,17H,9H2,1H3,(H2,15,16,18). The van der Waals surface area contributed by atoms with Gasteiger partial charge in [-0.05, 0) is 35.2 Å². The van der Waals surface area contributed by atoms with E-state index in [4.69, 9.17) is 4.74 Å². The first-order valence-electron chi connectivity index (χ1n) is 6.09. The smallest absolute Gasteiger partial charge is 0.319 e. The zero-order valence-corrected chi connectivity index (χ0v) is 11.8. The molecule has 2 rings (SSSR count). The number of carbonyl (C=O) groups excluding carboxylic acids is 1. The van der Waals surface area contributed by atoms with E-state index >= 15 is 0 Å². The van der Waals surface area contributed by atoms with Crippen molar-refractivity contribution in [3.05, 3.63) is 47.3 Å². The Morgan fingerprint density at radius 2 is 2.10 bits per heavy atom. The predicted molar refractivity (Wildman–Crippen MR) is 79.3 cm³/mol. The maximum atomic E-state index is 11.6. The van der Waals surface area contributed by atoms with Crippen LogP contribution in [0.2, 0.25) is 0 Å². The van der Waals surface area contributed by atoms with Crippen LogP contribution in [-0.2, 0) is 0 Å². The molecule has 0 saturated heterocycles. The molecule has 0 saturated carbocycles. The molecule has 0 aliphatic rings. The van der Waals surface area contributed by atoms with Crippen LogP contribution in [0.3, 0.4) is 0 Å². The number of aliphatic hydroxyl groups excluding tert-OH is 1. The molecule has 1 aromatic carbocycles. The number of hydrogen-bond donors (Lipinski definition) is 3. The van der Waals surface area contributed by atoms with Gasteiger partial charge in [-0.25, -0.2) is 4.79 Å². The van der Waals surface area contributed by atoms with Crippen LogP contribution in [0.1, 0.15) is 11.7 Å². The van der Waals surface area contributed by atoms with E-state index in [1.807, 2.05) is 17.5 Å². The highest BCUT2D eigenvalue weighted by molar-refractivity contribution is 7.14. The van der Waals surface area contributed by atoms with Gasteiger partial charge in [0.15, 0.2) is 0 Å². The Morgan fingerprint density at radius 3 is 2.70 bits per heavy atom. The lowest BCUT2D eigenvalue weighted by Crippen LogP contribution is -2.32. The number of urea groups is 1. The van der Waals surface area contributed by atoms with Crippen molar-refractivity contribution in [2.45, 2.75) is 6.10 Å². The molecule has 20 heavy (non-hydrogen) atoms. The number of thiophene rings is 1. The summed E-state index contributed by atoms with van der Waals surface area (Å²) in [5.41, 5.74) is 0.724. The summed E-state index contributed by atoms with van der Waals surface area (Å²) in [6.45, 7) is 0.142. The molecule has 106 valence electrons. The van der Waals surface area contributed by atoms with E-state index in [1.54, 1.807) is 31.4 Å². The maximum absolute atomic E-state index is 11.6. The van der Waals surface area contributed by atoms with Gasteiger partial charge in [0.25, 0.3) is 0 Å². The minimum atomic E-state index is -0.755. The number of carbonyl (C=O) groups is 1. The van der Waals surface area contributed by atoms with Crippen molar-refractivity contribution in [3.8, 4) is 5.75 Å². The van der Waals surface area contributed by atoms with Gasteiger partial charge in [0.1, 0.15) is 5.75 Å². The summed E-state index contributed by atoms with van der Waals surface area (Å²) in [6, 6.07) is 10.4. The van der Waals surface area contributed by atoms with Crippen LogP contribution >= 0.6 is 11.3 Å². The Labute approximate surface area is 121 Å². The second-order valence-electron chi connectivity index (χ2n) is 4.10. The molecule has 1 unspecified atom stereocenters. The number of aliphatic hydroxyl groups is 1. The average Bonchev–Trinajstić information content (AvgIpc) is 2.97. The predicted octanol–water partition coefficient (Wildman–Crippen LogP) is 2.61. The van der Waals surface area contributed by atoms with E-state index in [-0.39, 0.29) is 12.6 Å². The van der Waals surface area contributed by atoms with Crippen LogP contribution in [0, 0.1) is 0 Å². The fraction of sp³-hybridized carbons (Fsp3) is 0.214. The van der Waals surface area contributed by atoms with Gasteiger partial charge in [0, 0.05) is 6.54 Å². The highest BCUT2D eigenvalue weighted by Crippen LogP contribution is 2.17. The molecule has 0 radical (unpaired) electrons. The third kappa shape index (κ3) is 3.97. The number of ether oxygens (including phenoxy) is 1. The molecule has 2 aromatic rings. The average molecular weight is 292 g/mol. The van der Waals surface area contributed by atoms with Crippen molar-refractivity contribution in [3.63, 3.8) is 0 Å². The minimum absolute atomic E-state index is 0.142. The molecule has 3 N–H and O–H groups in total. The minimum Gasteiger partial charge on any atom is -0.497 e. The summed E-state index contributed by atoms with van der Waals surface area (Å²) in [6.07, 6.45) is -0.755. The van der Waals surface area contributed by atoms with E-state index < -0.39 is 6.10 Å². The van der Waals surface area contributed by atoms with Gasteiger partial charge in [-0.15, -0.1) is 11.3 Å². The van der Waals surface area contributed by atoms with Crippen LogP contribution in [0.25, 0.3) is 0 Å². The second kappa shape index (κ2) is 6.93. The first kappa shape index (κ1) is 14.4. The number of anilines is 1. The third-order valence-corrected chi connectivity index (χ3v) is 3.50. The van der Waals surface area contributed by atoms with Crippen LogP contribution in [0.15, 0.2) is 41.8 Å². The van der Waals surface area contributed by atoms with Gasteiger partial charge in [0.05, 0.1) is 18.2 Å². The van der Waals surface area contributed by atoms with Gasteiger partial charge in [-0.1, -0.05) is 12.1 Å². The lowest BCUT2D eigenvalue weighted by Gasteiger charge is -2.13. The highest BCUT2D eigenvalue weighted by atomic mass is 32.1. The molecule has 1 atom stereocenters. The van der Waals surface area contributed by atoms with Crippen LogP contribution in [-0.4, -0.2) is 24.8 Å². The third-order valence-electron chi connectivity index (χ3n) is 2.71. The van der Waals surface area contributed by atoms with E-state index in [9.17, 15) is 9.90 Å². The van der Waals surface area contributed by atoms with Crippen molar-refractivity contribution in [1.82, 2.24) is 5.32 Å². The summed E-state index contributed by atoms with van der Waals surface area (Å²) in [4.78, 5) is 11.6. The van der Waals surface area contributed by atoms with Gasteiger partial charge >= 0.3 is 6.03 Å². The zero-order valence-electron chi connectivity index (χ0n) is 11.0. The number of benzene rings is 1. The van der Waals surface area contributed by atoms with Gasteiger partial charge in [0.2, 0.25) is 0 Å². The number of nitrogens with one attached hydrogen (secondary N) is 2. The molecule has 6 heteroatoms. The Bertz CT molecular complexity index is 540. The number of rotatable bonds is 5. The maximum Gasteiger partial charge on any atom is 0.319 e. The summed E-state index contributed by atoms with van der Waals surface area (Å²) >= 11 is 1.44. The fourth-order valence-electron chi connectivity index (χ4n) is 1.64. The molecular weight excluding hydrogens is 276 g/mol. The second-order valence-corrected chi connectivity index (χ2v) is 5.05. The Balaban J connectivity index is 1.81. The summed E-state index contributed by atoms with van der Waals surface area (Å²) in [7, 11) is 1.59. The normalized spacial score (nSPS) is 11.7. The molecule has 5 nitrogen and oxygen atoms in total. The summed E-state index contributed by atoms with van der Waals surface area (Å²) in [5.74, 6) is 0.726. The molecule has 0 spiro atoms. The first-order chi connectivity index (χ1) is 9.69. The lowest BCUT2D eigenvalue weighted by molar-refractivity contribution is 0.175. The van der Waals surface area contributed by atoms with E-state index in [0.29, 0.717) is 0 Å². The monoisotopic (exact) mass is 292 g/mol. The lowest BCUT2D eigenvalue weighted by atomic mass is 10.1. The zero-order chi connectivity index (χ0) is 14.4. The van der Waals surface area contributed by atoms with Gasteiger partial charge in [-0.3, -0.25) is 5.32 Å².